The Bertz CT molecular complexity index is 597. The van der Waals surface area contributed by atoms with Crippen LogP contribution in [0.25, 0.3) is 0 Å². The Kier molecular flexibility index (Phi) is 4.87. The zero-order chi connectivity index (χ0) is 14.8. The number of carbonyl (C=O) groups is 1. The number of hydrogen-bond donors (Lipinski definition) is 1. The van der Waals surface area contributed by atoms with Crippen molar-refractivity contribution in [3.63, 3.8) is 0 Å². The largest absolute Gasteiger partial charge is 0.347 e. The molecule has 1 N–H and O–H groups in total. The summed E-state index contributed by atoms with van der Waals surface area (Å²) in [5.41, 5.74) is -0.179. The Morgan fingerprint density at radius 1 is 1.37 bits per heavy atom. The van der Waals surface area contributed by atoms with Gasteiger partial charge < -0.3 is 5.32 Å². The second-order valence-electron chi connectivity index (χ2n) is 4.77. The van der Waals surface area contributed by atoms with Crippen molar-refractivity contribution in [2.24, 2.45) is 0 Å². The highest BCUT2D eigenvalue weighted by molar-refractivity contribution is 8.13. The van der Waals surface area contributed by atoms with E-state index in [0.717, 1.165) is 6.42 Å². The van der Waals surface area contributed by atoms with Crippen LogP contribution in [0.15, 0.2) is 23.1 Å². The molecule has 0 aliphatic heterocycles. The molecule has 0 spiro atoms. The average Bonchev–Trinajstić information content (AvgIpc) is 2.27. The van der Waals surface area contributed by atoms with Crippen molar-refractivity contribution in [1.29, 1.82) is 0 Å². The molecule has 1 aromatic carbocycles. The molecule has 0 aliphatic carbocycles. The van der Waals surface area contributed by atoms with E-state index in [-0.39, 0.29) is 26.9 Å². The third-order valence-electron chi connectivity index (χ3n) is 2.79. The summed E-state index contributed by atoms with van der Waals surface area (Å²) < 4.78 is 22.6. The van der Waals surface area contributed by atoms with E-state index < -0.39 is 9.05 Å². The molecule has 7 heteroatoms. The second-order valence-corrected chi connectivity index (χ2v) is 7.72. The maximum absolute atomic E-state index is 12.0. The fraction of sp³-hybridized carbons (Fsp3) is 0.417. The lowest BCUT2D eigenvalue weighted by atomic mass is 10.0. The molecular formula is C12H15Cl2NO3S. The Hall–Kier alpha value is -0.780. The molecule has 4 nitrogen and oxygen atoms in total. The van der Waals surface area contributed by atoms with Crippen molar-refractivity contribution in [3.05, 3.63) is 28.8 Å². The topological polar surface area (TPSA) is 63.2 Å². The Balaban J connectivity index is 3.14. The fourth-order valence-electron chi connectivity index (χ4n) is 1.30. The van der Waals surface area contributed by atoms with Crippen molar-refractivity contribution in [1.82, 2.24) is 5.32 Å². The molecule has 0 unspecified atom stereocenters. The number of halogens is 2. The minimum Gasteiger partial charge on any atom is -0.347 e. The molecule has 0 saturated carbocycles. The van der Waals surface area contributed by atoms with E-state index >= 15 is 0 Å². The predicted molar refractivity (Wildman–Crippen MR) is 76.3 cm³/mol. The third kappa shape index (κ3) is 4.37. The highest BCUT2D eigenvalue weighted by Gasteiger charge is 2.21. The molecule has 0 aromatic heterocycles. The van der Waals surface area contributed by atoms with Crippen LogP contribution in [0, 0.1) is 0 Å². The number of amides is 1. The van der Waals surface area contributed by atoms with Crippen molar-refractivity contribution < 1.29 is 13.2 Å². The molecule has 1 rings (SSSR count). The summed E-state index contributed by atoms with van der Waals surface area (Å²) >= 11 is 5.75. The molecule has 0 saturated heterocycles. The molecule has 0 radical (unpaired) electrons. The van der Waals surface area contributed by atoms with E-state index in [1.165, 1.54) is 18.2 Å². The number of rotatable bonds is 4. The van der Waals surface area contributed by atoms with Crippen LogP contribution in [-0.4, -0.2) is 19.9 Å². The van der Waals surface area contributed by atoms with E-state index in [4.69, 9.17) is 22.3 Å². The van der Waals surface area contributed by atoms with Gasteiger partial charge in [-0.25, -0.2) is 8.42 Å². The third-order valence-corrected chi connectivity index (χ3v) is 4.60. The summed E-state index contributed by atoms with van der Waals surface area (Å²) in [7, 11) is 1.28. The first-order valence-electron chi connectivity index (χ1n) is 5.63. The first kappa shape index (κ1) is 16.3. The minimum absolute atomic E-state index is 0.0127. The average molecular weight is 324 g/mol. The molecule has 106 valence electrons. The predicted octanol–water partition coefficient (Wildman–Crippen LogP) is 3.19. The van der Waals surface area contributed by atoms with Crippen LogP contribution in [0.3, 0.4) is 0 Å². The zero-order valence-corrected chi connectivity index (χ0v) is 13.2. The quantitative estimate of drug-likeness (QED) is 0.865. The van der Waals surface area contributed by atoms with Gasteiger partial charge in [-0.1, -0.05) is 18.5 Å². The lowest BCUT2D eigenvalue weighted by Gasteiger charge is -2.24. The number of nitrogens with one attached hydrogen (secondary N) is 1. The Labute approximate surface area is 122 Å². The van der Waals surface area contributed by atoms with E-state index in [2.05, 4.69) is 5.32 Å². The van der Waals surface area contributed by atoms with Crippen LogP contribution in [0.5, 0.6) is 0 Å². The molecular weight excluding hydrogens is 309 g/mol. The summed E-state index contributed by atoms with van der Waals surface area (Å²) in [6, 6.07) is 3.96. The molecule has 1 aromatic rings. The summed E-state index contributed by atoms with van der Waals surface area (Å²) in [4.78, 5) is 11.8. The lowest BCUT2D eigenvalue weighted by molar-refractivity contribution is 0.0911. The monoisotopic (exact) mass is 323 g/mol. The van der Waals surface area contributed by atoms with Gasteiger partial charge in [-0.3, -0.25) is 4.79 Å². The maximum atomic E-state index is 12.0. The first-order valence-corrected chi connectivity index (χ1v) is 8.32. The van der Waals surface area contributed by atoms with Crippen LogP contribution >= 0.6 is 22.3 Å². The molecule has 0 aliphatic rings. The van der Waals surface area contributed by atoms with Crippen LogP contribution in [-0.2, 0) is 9.05 Å². The van der Waals surface area contributed by atoms with Crippen molar-refractivity contribution in [2.75, 3.05) is 0 Å². The summed E-state index contributed by atoms with van der Waals surface area (Å²) in [5.74, 6) is -0.370. The highest BCUT2D eigenvalue weighted by Crippen LogP contribution is 2.26. The molecule has 0 fully saturated rings. The highest BCUT2D eigenvalue weighted by atomic mass is 35.7. The zero-order valence-electron chi connectivity index (χ0n) is 10.8. The van der Waals surface area contributed by atoms with Gasteiger partial charge in [0.1, 0.15) is 4.90 Å². The number of benzene rings is 1. The number of hydrogen-bond acceptors (Lipinski definition) is 3. The smallest absolute Gasteiger partial charge is 0.262 e. The van der Waals surface area contributed by atoms with E-state index in [9.17, 15) is 13.2 Å². The van der Waals surface area contributed by atoms with E-state index in [1.807, 2.05) is 20.8 Å². The van der Waals surface area contributed by atoms with Crippen LogP contribution in [0.1, 0.15) is 37.6 Å². The molecule has 1 amide bonds. The van der Waals surface area contributed by atoms with Crippen LogP contribution in [0.4, 0.5) is 0 Å². The minimum atomic E-state index is -3.98. The van der Waals surface area contributed by atoms with Crippen molar-refractivity contribution in [3.8, 4) is 0 Å². The maximum Gasteiger partial charge on any atom is 0.262 e. The molecule has 0 bridgehead atoms. The molecule has 19 heavy (non-hydrogen) atoms. The van der Waals surface area contributed by atoms with Crippen LogP contribution < -0.4 is 5.32 Å². The van der Waals surface area contributed by atoms with Gasteiger partial charge in [-0.2, -0.15) is 0 Å². The van der Waals surface area contributed by atoms with Crippen LogP contribution in [0.2, 0.25) is 5.02 Å². The summed E-state index contributed by atoms with van der Waals surface area (Å²) in [6.07, 6.45) is 0.743. The van der Waals surface area contributed by atoms with Crippen molar-refractivity contribution >= 4 is 37.2 Å². The first-order chi connectivity index (χ1) is 8.57. The van der Waals surface area contributed by atoms with Gasteiger partial charge >= 0.3 is 0 Å². The van der Waals surface area contributed by atoms with E-state index in [1.54, 1.807) is 0 Å². The standard InChI is InChI=1S/C12H15Cl2NO3S/c1-4-12(2,3)15-11(16)8-5-6-9(13)10(7-8)19(14,17)18/h5-7H,4H2,1-3H3,(H,15,16). The normalized spacial score (nSPS) is 12.3. The summed E-state index contributed by atoms with van der Waals surface area (Å²) in [5, 5.41) is 2.79. The van der Waals surface area contributed by atoms with Gasteiger partial charge in [0.2, 0.25) is 0 Å². The Morgan fingerprint density at radius 2 is 1.95 bits per heavy atom. The molecule has 0 atom stereocenters. The Morgan fingerprint density at radius 3 is 2.42 bits per heavy atom. The van der Waals surface area contributed by atoms with Gasteiger partial charge in [-0.05, 0) is 38.5 Å². The van der Waals surface area contributed by atoms with E-state index in [0.29, 0.717) is 0 Å². The van der Waals surface area contributed by atoms with Gasteiger partial charge in [0.15, 0.2) is 0 Å². The second kappa shape index (κ2) is 5.69. The van der Waals surface area contributed by atoms with Gasteiger partial charge in [0, 0.05) is 21.8 Å². The van der Waals surface area contributed by atoms with Gasteiger partial charge in [0.25, 0.3) is 15.0 Å². The molecule has 0 heterocycles. The number of carbonyl (C=O) groups excluding carboxylic acids is 1. The van der Waals surface area contributed by atoms with Crippen molar-refractivity contribution in [2.45, 2.75) is 37.6 Å². The van der Waals surface area contributed by atoms with Gasteiger partial charge in [-0.15, -0.1) is 0 Å². The van der Waals surface area contributed by atoms with Gasteiger partial charge in [0.05, 0.1) is 5.02 Å². The SMILES string of the molecule is CCC(C)(C)NC(=O)c1ccc(Cl)c(S(=O)(=O)Cl)c1. The lowest BCUT2D eigenvalue weighted by Crippen LogP contribution is -2.42. The summed E-state index contributed by atoms with van der Waals surface area (Å²) in [6.45, 7) is 5.69. The fourth-order valence-corrected chi connectivity index (χ4v) is 2.79.